The average Bonchev–Trinajstić information content (AvgIpc) is 3.20. The second-order valence-electron chi connectivity index (χ2n) is 9.58. The van der Waals surface area contributed by atoms with Crippen LogP contribution in [0.25, 0.3) is 0 Å². The summed E-state index contributed by atoms with van der Waals surface area (Å²) in [6, 6.07) is 7.68. The molecule has 5 aliphatic rings. The zero-order valence-electron chi connectivity index (χ0n) is 16.8. The zero-order valence-corrected chi connectivity index (χ0v) is 17.6. The highest BCUT2D eigenvalue weighted by molar-refractivity contribution is 7.80. The number of thiocarbonyl (C=S) groups is 1. The maximum atomic E-state index is 13.1. The van der Waals surface area contributed by atoms with Gasteiger partial charge < -0.3 is 20.1 Å². The lowest BCUT2D eigenvalue weighted by Crippen LogP contribution is -2.55. The first-order valence-electron chi connectivity index (χ1n) is 11.0. The molecule has 1 aliphatic heterocycles. The lowest BCUT2D eigenvalue weighted by Gasteiger charge is -2.55. The molecule has 0 spiro atoms. The summed E-state index contributed by atoms with van der Waals surface area (Å²) in [7, 11) is 0. The maximum absolute atomic E-state index is 13.1. The van der Waals surface area contributed by atoms with Crippen molar-refractivity contribution in [3.63, 3.8) is 0 Å². The van der Waals surface area contributed by atoms with Gasteiger partial charge in [-0.05, 0) is 106 Å². The standard InChI is InChI=1S/C23H30N2O3S/c26-21(23-11-15-8-16(12-23)10-17(9-15)13-23)25-22(29)24-18-3-5-19(6-4-18)28-14-20-2-1-7-27-20/h3-6,15-17,20H,1-2,7-14H2,(H2,24,25,26,29). The lowest BCUT2D eigenvalue weighted by atomic mass is 9.49. The van der Waals surface area contributed by atoms with Gasteiger partial charge in [0.15, 0.2) is 5.11 Å². The molecule has 156 valence electrons. The van der Waals surface area contributed by atoms with Crippen LogP contribution in [-0.4, -0.2) is 30.3 Å². The molecule has 6 rings (SSSR count). The quantitative estimate of drug-likeness (QED) is 0.705. The SMILES string of the molecule is O=C(NC(=S)Nc1ccc(OCC2CCCO2)cc1)C12CC3CC(CC(C3)C1)C2. The fraction of sp³-hybridized carbons (Fsp3) is 0.652. The Hall–Kier alpha value is -1.66. The van der Waals surface area contributed by atoms with Crippen molar-refractivity contribution in [2.24, 2.45) is 23.2 Å². The van der Waals surface area contributed by atoms with Crippen LogP contribution in [0.4, 0.5) is 5.69 Å². The van der Waals surface area contributed by atoms with Crippen LogP contribution in [0.3, 0.4) is 0 Å². The van der Waals surface area contributed by atoms with E-state index in [1.807, 2.05) is 24.3 Å². The molecule has 4 aliphatic carbocycles. The van der Waals surface area contributed by atoms with Crippen LogP contribution >= 0.6 is 12.2 Å². The van der Waals surface area contributed by atoms with E-state index in [1.165, 1.54) is 19.3 Å². The molecule has 5 fully saturated rings. The minimum absolute atomic E-state index is 0.130. The summed E-state index contributed by atoms with van der Waals surface area (Å²) in [5.41, 5.74) is 0.672. The summed E-state index contributed by atoms with van der Waals surface area (Å²) >= 11 is 5.43. The molecule has 0 radical (unpaired) electrons. The number of nitrogens with one attached hydrogen (secondary N) is 2. The Kier molecular flexibility index (Phi) is 5.25. The molecule has 6 heteroatoms. The van der Waals surface area contributed by atoms with Crippen molar-refractivity contribution >= 4 is 28.9 Å². The lowest BCUT2D eigenvalue weighted by molar-refractivity contribution is -0.144. The Morgan fingerprint density at radius 1 is 1.10 bits per heavy atom. The van der Waals surface area contributed by atoms with Crippen molar-refractivity contribution < 1.29 is 14.3 Å². The molecule has 1 aromatic rings. The van der Waals surface area contributed by atoms with Gasteiger partial charge in [-0.15, -0.1) is 0 Å². The summed E-state index contributed by atoms with van der Waals surface area (Å²) in [6.45, 7) is 1.43. The van der Waals surface area contributed by atoms with E-state index < -0.39 is 0 Å². The van der Waals surface area contributed by atoms with Crippen molar-refractivity contribution in [1.82, 2.24) is 5.32 Å². The van der Waals surface area contributed by atoms with E-state index in [1.54, 1.807) is 0 Å². The van der Waals surface area contributed by atoms with Crippen molar-refractivity contribution in [3.05, 3.63) is 24.3 Å². The number of carbonyl (C=O) groups excluding carboxylic acids is 1. The smallest absolute Gasteiger partial charge is 0.232 e. The van der Waals surface area contributed by atoms with Crippen LogP contribution in [0.15, 0.2) is 24.3 Å². The third kappa shape index (κ3) is 4.15. The largest absolute Gasteiger partial charge is 0.491 e. The van der Waals surface area contributed by atoms with E-state index in [0.29, 0.717) is 11.7 Å². The number of benzene rings is 1. The molecule has 29 heavy (non-hydrogen) atoms. The Labute approximate surface area is 177 Å². The second-order valence-corrected chi connectivity index (χ2v) is 9.98. The highest BCUT2D eigenvalue weighted by atomic mass is 32.1. The minimum Gasteiger partial charge on any atom is -0.491 e. The third-order valence-corrected chi connectivity index (χ3v) is 7.52. The van der Waals surface area contributed by atoms with Gasteiger partial charge in [-0.3, -0.25) is 4.79 Å². The monoisotopic (exact) mass is 414 g/mol. The number of hydrogen-bond acceptors (Lipinski definition) is 4. The van der Waals surface area contributed by atoms with Crippen molar-refractivity contribution in [1.29, 1.82) is 0 Å². The Morgan fingerprint density at radius 2 is 1.76 bits per heavy atom. The molecule has 1 aromatic carbocycles. The first-order valence-corrected chi connectivity index (χ1v) is 11.5. The highest BCUT2D eigenvalue weighted by Gasteiger charge is 2.54. The van der Waals surface area contributed by atoms with E-state index in [4.69, 9.17) is 21.7 Å². The highest BCUT2D eigenvalue weighted by Crippen LogP contribution is 2.60. The average molecular weight is 415 g/mol. The van der Waals surface area contributed by atoms with Crippen molar-refractivity contribution in [3.8, 4) is 5.75 Å². The molecule has 1 heterocycles. The molecule has 1 saturated heterocycles. The summed E-state index contributed by atoms with van der Waals surface area (Å²) in [4.78, 5) is 13.1. The molecule has 1 amide bonds. The van der Waals surface area contributed by atoms with Crippen LogP contribution in [-0.2, 0) is 9.53 Å². The van der Waals surface area contributed by atoms with Crippen molar-refractivity contribution in [2.75, 3.05) is 18.5 Å². The number of anilines is 1. The number of amides is 1. The van der Waals surface area contributed by atoms with E-state index in [9.17, 15) is 4.79 Å². The van der Waals surface area contributed by atoms with Crippen LogP contribution in [0, 0.1) is 23.2 Å². The molecular weight excluding hydrogens is 384 g/mol. The van der Waals surface area contributed by atoms with E-state index in [2.05, 4.69) is 10.6 Å². The topological polar surface area (TPSA) is 59.6 Å². The van der Waals surface area contributed by atoms with Crippen LogP contribution in [0.1, 0.15) is 51.4 Å². The Bertz CT molecular complexity index is 738. The normalized spacial score (nSPS) is 34.8. The molecule has 4 bridgehead atoms. The summed E-state index contributed by atoms with van der Waals surface area (Å²) in [6.07, 6.45) is 9.52. The molecule has 5 nitrogen and oxygen atoms in total. The third-order valence-electron chi connectivity index (χ3n) is 7.32. The molecular formula is C23H30N2O3S. The van der Waals surface area contributed by atoms with Crippen LogP contribution in [0.5, 0.6) is 5.75 Å². The summed E-state index contributed by atoms with van der Waals surface area (Å²) in [5.74, 6) is 3.18. The number of carbonyl (C=O) groups is 1. The van der Waals surface area contributed by atoms with Crippen LogP contribution < -0.4 is 15.4 Å². The van der Waals surface area contributed by atoms with Gasteiger partial charge in [0.2, 0.25) is 5.91 Å². The molecule has 0 aromatic heterocycles. The molecule has 1 unspecified atom stereocenters. The molecule has 1 atom stereocenters. The zero-order chi connectivity index (χ0) is 19.8. The van der Waals surface area contributed by atoms with Gasteiger partial charge >= 0.3 is 0 Å². The number of ether oxygens (including phenoxy) is 2. The van der Waals surface area contributed by atoms with Gasteiger partial charge in [-0.2, -0.15) is 0 Å². The van der Waals surface area contributed by atoms with Crippen LogP contribution in [0.2, 0.25) is 0 Å². The van der Waals surface area contributed by atoms with Gasteiger partial charge in [0.1, 0.15) is 12.4 Å². The number of hydrogen-bond donors (Lipinski definition) is 2. The summed E-state index contributed by atoms with van der Waals surface area (Å²) in [5, 5.41) is 6.53. The van der Waals surface area contributed by atoms with Crippen molar-refractivity contribution in [2.45, 2.75) is 57.5 Å². The van der Waals surface area contributed by atoms with Gasteiger partial charge in [-0.1, -0.05) is 0 Å². The first-order chi connectivity index (χ1) is 14.1. The fourth-order valence-electron chi connectivity index (χ4n) is 6.39. The van der Waals surface area contributed by atoms with Gasteiger partial charge in [0, 0.05) is 12.3 Å². The Balaban J connectivity index is 1.13. The molecule has 2 N–H and O–H groups in total. The van der Waals surface area contributed by atoms with E-state index >= 15 is 0 Å². The second kappa shape index (κ2) is 7.88. The predicted molar refractivity (Wildman–Crippen MR) is 116 cm³/mol. The van der Waals surface area contributed by atoms with E-state index in [0.717, 1.165) is 67.9 Å². The van der Waals surface area contributed by atoms with Gasteiger partial charge in [0.05, 0.1) is 11.5 Å². The summed E-state index contributed by atoms with van der Waals surface area (Å²) < 4.78 is 11.4. The minimum atomic E-state index is -0.180. The molecule has 4 saturated carbocycles. The van der Waals surface area contributed by atoms with E-state index in [-0.39, 0.29) is 17.4 Å². The maximum Gasteiger partial charge on any atom is 0.232 e. The number of rotatable bonds is 5. The van der Waals surface area contributed by atoms with Gasteiger partial charge in [-0.25, -0.2) is 0 Å². The predicted octanol–water partition coefficient (Wildman–Crippen LogP) is 4.27. The fourth-order valence-corrected chi connectivity index (χ4v) is 6.60. The van der Waals surface area contributed by atoms with Gasteiger partial charge in [0.25, 0.3) is 0 Å². The first kappa shape index (κ1) is 19.3. The Morgan fingerprint density at radius 3 is 2.34 bits per heavy atom.